The van der Waals surface area contributed by atoms with E-state index in [2.05, 4.69) is 79.6 Å². The zero-order valence-electron chi connectivity index (χ0n) is 21.0. The van der Waals surface area contributed by atoms with Gasteiger partial charge in [-0.05, 0) is 48.6 Å². The second kappa shape index (κ2) is 12.3. The van der Waals surface area contributed by atoms with Crippen molar-refractivity contribution in [3.63, 3.8) is 0 Å². The molecule has 0 amide bonds. The number of carbonyl (C=O) groups is 1. The van der Waals surface area contributed by atoms with Crippen molar-refractivity contribution >= 4 is 5.78 Å². The number of Topliss-reactive ketones (excluding diaryl/α,β-unsaturated/α-hetero) is 1. The smallest absolute Gasteiger partial charge is 0.133 e. The van der Waals surface area contributed by atoms with Gasteiger partial charge in [0.2, 0.25) is 0 Å². The summed E-state index contributed by atoms with van der Waals surface area (Å²) in [6.07, 6.45) is 6.18. The number of ketones is 1. The summed E-state index contributed by atoms with van der Waals surface area (Å²) in [6, 6.07) is 0. The third kappa shape index (κ3) is 18.9. The lowest BCUT2D eigenvalue weighted by molar-refractivity contribution is -0.120. The summed E-state index contributed by atoms with van der Waals surface area (Å²) in [5.74, 6) is 0.847. The topological polar surface area (TPSA) is 32.3 Å². The zero-order chi connectivity index (χ0) is 22.0. The molecule has 0 aromatic heterocycles. The number of rotatable bonds is 13. The van der Waals surface area contributed by atoms with Crippen LogP contribution in [-0.4, -0.2) is 43.9 Å². The van der Waals surface area contributed by atoms with E-state index >= 15 is 0 Å². The first kappa shape index (κ1) is 27.6. The van der Waals surface area contributed by atoms with Crippen molar-refractivity contribution in [2.75, 3.05) is 33.2 Å². The van der Waals surface area contributed by atoms with Gasteiger partial charge in [0.05, 0.1) is 0 Å². The molecule has 3 heteroatoms. The SMILES string of the molecule is CN(CC(CNCC(C)(C)C)CC(=O)CCCCCC(C)(C)C)CC(C)(C)C. The lowest BCUT2D eigenvalue weighted by atomic mass is 9.89. The third-order valence-electron chi connectivity index (χ3n) is 4.80. The summed E-state index contributed by atoms with van der Waals surface area (Å²) in [4.78, 5) is 15.0. The van der Waals surface area contributed by atoms with Crippen LogP contribution in [0.25, 0.3) is 0 Å². The Labute approximate surface area is 177 Å². The molecule has 3 nitrogen and oxygen atoms in total. The first-order chi connectivity index (χ1) is 12.6. The van der Waals surface area contributed by atoms with E-state index in [1.807, 2.05) is 0 Å². The van der Waals surface area contributed by atoms with Crippen molar-refractivity contribution in [3.8, 4) is 0 Å². The maximum atomic E-state index is 12.6. The summed E-state index contributed by atoms with van der Waals surface area (Å²) in [5.41, 5.74) is 0.972. The molecular weight excluding hydrogens is 344 g/mol. The minimum Gasteiger partial charge on any atom is -0.316 e. The largest absolute Gasteiger partial charge is 0.316 e. The van der Waals surface area contributed by atoms with Crippen molar-refractivity contribution in [3.05, 3.63) is 0 Å². The van der Waals surface area contributed by atoms with Crippen LogP contribution >= 0.6 is 0 Å². The lowest BCUT2D eigenvalue weighted by Crippen LogP contribution is -2.39. The van der Waals surface area contributed by atoms with E-state index in [1.165, 1.54) is 19.3 Å². The third-order valence-corrected chi connectivity index (χ3v) is 4.80. The van der Waals surface area contributed by atoms with E-state index in [-0.39, 0.29) is 10.8 Å². The van der Waals surface area contributed by atoms with E-state index in [4.69, 9.17) is 0 Å². The average molecular weight is 397 g/mol. The van der Waals surface area contributed by atoms with Crippen LogP contribution in [-0.2, 0) is 4.79 Å². The molecule has 0 aliphatic carbocycles. The molecule has 0 saturated heterocycles. The molecule has 1 atom stereocenters. The Morgan fingerprint density at radius 1 is 0.857 bits per heavy atom. The van der Waals surface area contributed by atoms with Crippen LogP contribution in [0.3, 0.4) is 0 Å². The first-order valence-electron chi connectivity index (χ1n) is 11.5. The van der Waals surface area contributed by atoms with Crippen molar-refractivity contribution in [1.82, 2.24) is 10.2 Å². The molecule has 0 aliphatic heterocycles. The van der Waals surface area contributed by atoms with Crippen LogP contribution in [0.2, 0.25) is 0 Å². The number of hydrogen-bond acceptors (Lipinski definition) is 3. The minimum atomic E-state index is 0.277. The fourth-order valence-electron chi connectivity index (χ4n) is 3.75. The second-order valence-corrected chi connectivity index (χ2v) is 12.7. The lowest BCUT2D eigenvalue weighted by Gasteiger charge is -2.30. The molecule has 0 aliphatic rings. The predicted octanol–water partition coefficient (Wildman–Crippen LogP) is 6.17. The van der Waals surface area contributed by atoms with Gasteiger partial charge in [0.15, 0.2) is 0 Å². The standard InChI is InChI=1S/C25H52N2O/c1-23(2,3)15-13-11-12-14-22(28)16-21(17-26-19-24(4,5)6)18-27(10)20-25(7,8)9/h21,26H,11-20H2,1-10H3. The summed E-state index contributed by atoms with van der Waals surface area (Å²) >= 11 is 0. The molecular formula is C25H52N2O. The minimum absolute atomic E-state index is 0.277. The van der Waals surface area contributed by atoms with Gasteiger partial charge in [0, 0.05) is 32.5 Å². The second-order valence-electron chi connectivity index (χ2n) is 12.7. The molecule has 0 radical (unpaired) electrons. The summed E-state index contributed by atoms with van der Waals surface area (Å²) in [7, 11) is 2.19. The van der Waals surface area contributed by atoms with Gasteiger partial charge in [0.25, 0.3) is 0 Å². The first-order valence-corrected chi connectivity index (χ1v) is 11.5. The highest BCUT2D eigenvalue weighted by molar-refractivity contribution is 5.78. The molecule has 0 aromatic rings. The van der Waals surface area contributed by atoms with Gasteiger partial charge < -0.3 is 10.2 Å². The molecule has 0 fully saturated rings. The fourth-order valence-corrected chi connectivity index (χ4v) is 3.75. The quantitative estimate of drug-likeness (QED) is 0.378. The highest BCUT2D eigenvalue weighted by Gasteiger charge is 2.20. The van der Waals surface area contributed by atoms with Crippen LogP contribution in [0.1, 0.15) is 101 Å². The van der Waals surface area contributed by atoms with Crippen LogP contribution in [0.5, 0.6) is 0 Å². The molecule has 0 heterocycles. The number of hydrogen-bond donors (Lipinski definition) is 1. The molecule has 1 N–H and O–H groups in total. The van der Waals surface area contributed by atoms with Crippen molar-refractivity contribution in [1.29, 1.82) is 0 Å². The zero-order valence-corrected chi connectivity index (χ0v) is 21.0. The van der Waals surface area contributed by atoms with Gasteiger partial charge in [-0.15, -0.1) is 0 Å². The van der Waals surface area contributed by atoms with Crippen LogP contribution in [0.4, 0.5) is 0 Å². The number of unbranched alkanes of at least 4 members (excludes halogenated alkanes) is 2. The van der Waals surface area contributed by atoms with Gasteiger partial charge in [-0.25, -0.2) is 0 Å². The number of carbonyl (C=O) groups excluding carboxylic acids is 1. The highest BCUT2D eigenvalue weighted by Crippen LogP contribution is 2.23. The molecule has 1 unspecified atom stereocenters. The van der Waals surface area contributed by atoms with Crippen LogP contribution in [0.15, 0.2) is 0 Å². The fraction of sp³-hybridized carbons (Fsp3) is 0.960. The van der Waals surface area contributed by atoms with E-state index in [0.29, 0.717) is 23.5 Å². The molecule has 0 aromatic carbocycles. The summed E-state index contributed by atoms with van der Waals surface area (Å²) in [5, 5.41) is 3.61. The molecule has 0 saturated carbocycles. The van der Waals surface area contributed by atoms with Gasteiger partial charge in [0.1, 0.15) is 5.78 Å². The van der Waals surface area contributed by atoms with E-state index in [9.17, 15) is 4.79 Å². The number of nitrogens with zero attached hydrogens (tertiary/aromatic N) is 1. The van der Waals surface area contributed by atoms with E-state index in [0.717, 1.165) is 39.0 Å². The molecule has 168 valence electrons. The Hall–Kier alpha value is -0.410. The van der Waals surface area contributed by atoms with Crippen molar-refractivity contribution in [2.45, 2.75) is 101 Å². The maximum Gasteiger partial charge on any atom is 0.133 e. The van der Waals surface area contributed by atoms with E-state index in [1.54, 1.807) is 0 Å². The molecule has 0 spiro atoms. The van der Waals surface area contributed by atoms with Gasteiger partial charge in [-0.1, -0.05) is 75.2 Å². The average Bonchev–Trinajstić information content (AvgIpc) is 2.41. The maximum absolute atomic E-state index is 12.6. The monoisotopic (exact) mass is 396 g/mol. The molecule has 28 heavy (non-hydrogen) atoms. The van der Waals surface area contributed by atoms with Crippen molar-refractivity contribution in [2.24, 2.45) is 22.2 Å². The Morgan fingerprint density at radius 3 is 1.96 bits per heavy atom. The van der Waals surface area contributed by atoms with Crippen molar-refractivity contribution < 1.29 is 4.79 Å². The van der Waals surface area contributed by atoms with Crippen LogP contribution < -0.4 is 5.32 Å². The van der Waals surface area contributed by atoms with Gasteiger partial charge >= 0.3 is 0 Å². The van der Waals surface area contributed by atoms with Gasteiger partial charge in [-0.2, -0.15) is 0 Å². The van der Waals surface area contributed by atoms with Gasteiger partial charge in [-0.3, -0.25) is 4.79 Å². The normalized spacial score (nSPS) is 14.5. The summed E-state index contributed by atoms with van der Waals surface area (Å²) in [6.45, 7) is 24.4. The molecule has 0 rings (SSSR count). The number of nitrogens with one attached hydrogen (secondary N) is 1. The Kier molecular flexibility index (Phi) is 12.1. The highest BCUT2D eigenvalue weighted by atomic mass is 16.1. The Morgan fingerprint density at radius 2 is 1.46 bits per heavy atom. The molecule has 0 bridgehead atoms. The Balaban J connectivity index is 4.45. The Bertz CT molecular complexity index is 423. The van der Waals surface area contributed by atoms with E-state index < -0.39 is 0 Å². The summed E-state index contributed by atoms with van der Waals surface area (Å²) < 4.78 is 0. The predicted molar refractivity (Wildman–Crippen MR) is 125 cm³/mol. The van der Waals surface area contributed by atoms with Crippen LogP contribution in [0, 0.1) is 22.2 Å².